The third-order valence-corrected chi connectivity index (χ3v) is 4.73. The smallest absolute Gasteiger partial charge is 0.344 e. The van der Waals surface area contributed by atoms with Gasteiger partial charge in [-0.15, -0.1) is 0 Å². The molecule has 1 fully saturated rings. The molecule has 0 radical (unpaired) electrons. The SMILES string of the molecule is O=C(Nc1ccc(CNC(=O)C(F)(F)F)cc1)C1CC(=O)N(Cc2ccccc2)C1. The zero-order valence-electron chi connectivity index (χ0n) is 15.9. The van der Waals surface area contributed by atoms with Gasteiger partial charge in [0.1, 0.15) is 0 Å². The molecule has 1 aliphatic rings. The highest BCUT2D eigenvalue weighted by molar-refractivity contribution is 5.97. The number of anilines is 1. The van der Waals surface area contributed by atoms with Crippen LogP contribution in [0, 0.1) is 5.92 Å². The Morgan fingerprint density at radius 2 is 1.67 bits per heavy atom. The standard InChI is InChI=1S/C21H20F3N3O3/c22-21(23,24)20(30)25-11-14-6-8-17(9-7-14)26-19(29)16-10-18(28)27(13-16)12-15-4-2-1-3-5-15/h1-9,16H,10-13H2,(H,25,30)(H,26,29). The predicted molar refractivity (Wildman–Crippen MR) is 103 cm³/mol. The predicted octanol–water partition coefficient (Wildman–Crippen LogP) is 2.85. The van der Waals surface area contributed by atoms with Crippen LogP contribution >= 0.6 is 0 Å². The molecule has 2 aromatic rings. The van der Waals surface area contributed by atoms with E-state index in [1.807, 2.05) is 30.3 Å². The molecule has 0 bridgehead atoms. The maximum atomic E-state index is 12.5. The molecular formula is C21H20F3N3O3. The number of hydrogen-bond donors (Lipinski definition) is 2. The number of carbonyl (C=O) groups is 3. The van der Waals surface area contributed by atoms with Gasteiger partial charge in [-0.25, -0.2) is 0 Å². The van der Waals surface area contributed by atoms with Gasteiger partial charge in [-0.2, -0.15) is 13.2 Å². The van der Waals surface area contributed by atoms with Gasteiger partial charge in [-0.1, -0.05) is 42.5 Å². The van der Waals surface area contributed by atoms with Crippen molar-refractivity contribution >= 4 is 23.4 Å². The van der Waals surface area contributed by atoms with Crippen molar-refractivity contribution < 1.29 is 27.6 Å². The third-order valence-electron chi connectivity index (χ3n) is 4.73. The fraction of sp³-hybridized carbons (Fsp3) is 0.286. The number of hydrogen-bond acceptors (Lipinski definition) is 3. The number of alkyl halides is 3. The minimum absolute atomic E-state index is 0.0882. The Bertz CT molecular complexity index is 915. The molecule has 1 unspecified atom stereocenters. The Balaban J connectivity index is 1.51. The van der Waals surface area contributed by atoms with Crippen molar-refractivity contribution in [2.24, 2.45) is 5.92 Å². The highest BCUT2D eigenvalue weighted by Crippen LogP contribution is 2.22. The fourth-order valence-corrected chi connectivity index (χ4v) is 3.14. The summed E-state index contributed by atoms with van der Waals surface area (Å²) in [5, 5.41) is 4.50. The van der Waals surface area contributed by atoms with E-state index < -0.39 is 18.0 Å². The van der Waals surface area contributed by atoms with Crippen LogP contribution in [0.1, 0.15) is 17.5 Å². The molecule has 0 aliphatic carbocycles. The molecule has 0 saturated carbocycles. The molecule has 3 rings (SSSR count). The number of benzene rings is 2. The molecule has 1 saturated heterocycles. The van der Waals surface area contributed by atoms with Gasteiger partial charge in [-0.05, 0) is 23.3 Å². The number of amides is 3. The van der Waals surface area contributed by atoms with Crippen LogP contribution in [0.4, 0.5) is 18.9 Å². The van der Waals surface area contributed by atoms with Crippen molar-refractivity contribution in [1.82, 2.24) is 10.2 Å². The highest BCUT2D eigenvalue weighted by atomic mass is 19.4. The normalized spacial score (nSPS) is 16.4. The summed E-state index contributed by atoms with van der Waals surface area (Å²) in [6.07, 6.45) is -4.80. The molecule has 2 N–H and O–H groups in total. The number of nitrogens with one attached hydrogen (secondary N) is 2. The summed E-state index contributed by atoms with van der Waals surface area (Å²) in [6.45, 7) is 0.487. The molecule has 30 heavy (non-hydrogen) atoms. The molecule has 1 aliphatic heterocycles. The lowest BCUT2D eigenvalue weighted by Crippen LogP contribution is -2.36. The molecule has 158 valence electrons. The lowest BCUT2D eigenvalue weighted by Gasteiger charge is -2.16. The molecule has 9 heteroatoms. The van der Waals surface area contributed by atoms with E-state index in [0.717, 1.165) is 5.56 Å². The molecule has 3 amide bonds. The number of nitrogens with zero attached hydrogens (tertiary/aromatic N) is 1. The summed E-state index contributed by atoms with van der Waals surface area (Å²) >= 11 is 0. The van der Waals surface area contributed by atoms with E-state index in [4.69, 9.17) is 0 Å². The van der Waals surface area contributed by atoms with Gasteiger partial charge in [-0.3, -0.25) is 14.4 Å². The van der Waals surface area contributed by atoms with Gasteiger partial charge in [0.25, 0.3) is 0 Å². The van der Waals surface area contributed by atoms with Gasteiger partial charge in [0.15, 0.2) is 0 Å². The van der Waals surface area contributed by atoms with E-state index in [1.54, 1.807) is 10.2 Å². The van der Waals surface area contributed by atoms with Crippen molar-refractivity contribution in [3.63, 3.8) is 0 Å². The molecule has 1 atom stereocenters. The van der Waals surface area contributed by atoms with Crippen LogP contribution in [0.3, 0.4) is 0 Å². The first kappa shape index (κ1) is 21.4. The molecule has 0 spiro atoms. The maximum Gasteiger partial charge on any atom is 0.471 e. The number of rotatable bonds is 6. The van der Waals surface area contributed by atoms with Gasteiger partial charge in [0, 0.05) is 31.7 Å². The highest BCUT2D eigenvalue weighted by Gasteiger charge is 2.38. The summed E-state index contributed by atoms with van der Waals surface area (Å²) in [5.41, 5.74) is 1.90. The van der Waals surface area contributed by atoms with Crippen molar-refractivity contribution in [2.45, 2.75) is 25.7 Å². The summed E-state index contributed by atoms with van der Waals surface area (Å²) in [4.78, 5) is 37.2. The van der Waals surface area contributed by atoms with Crippen molar-refractivity contribution in [1.29, 1.82) is 0 Å². The van der Waals surface area contributed by atoms with Gasteiger partial charge < -0.3 is 15.5 Å². The summed E-state index contributed by atoms with van der Waals surface area (Å²) in [5.74, 6) is -2.87. The maximum absolute atomic E-state index is 12.5. The van der Waals surface area contributed by atoms with E-state index in [9.17, 15) is 27.6 Å². The van der Waals surface area contributed by atoms with Crippen LogP contribution in [0.5, 0.6) is 0 Å². The number of likely N-dealkylation sites (tertiary alicyclic amines) is 1. The van der Waals surface area contributed by atoms with Crippen LogP contribution in [0.15, 0.2) is 54.6 Å². The molecule has 2 aromatic carbocycles. The van der Waals surface area contributed by atoms with E-state index in [2.05, 4.69) is 5.32 Å². The molecular weight excluding hydrogens is 399 g/mol. The summed E-state index contributed by atoms with van der Waals surface area (Å²) in [6, 6.07) is 15.6. The minimum atomic E-state index is -4.93. The van der Waals surface area contributed by atoms with E-state index in [-0.39, 0.29) is 24.8 Å². The molecule has 6 nitrogen and oxygen atoms in total. The van der Waals surface area contributed by atoms with Crippen LogP contribution in [-0.2, 0) is 27.5 Å². The molecule has 0 aromatic heterocycles. The third kappa shape index (κ3) is 5.59. The number of halogens is 3. The minimum Gasteiger partial charge on any atom is -0.344 e. The van der Waals surface area contributed by atoms with Crippen LogP contribution in [0.2, 0.25) is 0 Å². The first-order chi connectivity index (χ1) is 14.2. The molecule has 1 heterocycles. The van der Waals surface area contributed by atoms with E-state index >= 15 is 0 Å². The zero-order chi connectivity index (χ0) is 21.7. The first-order valence-corrected chi connectivity index (χ1v) is 9.29. The Labute approximate surface area is 171 Å². The second-order valence-electron chi connectivity index (χ2n) is 7.03. The second-order valence-corrected chi connectivity index (χ2v) is 7.03. The first-order valence-electron chi connectivity index (χ1n) is 9.29. The quantitative estimate of drug-likeness (QED) is 0.756. The lowest BCUT2D eigenvalue weighted by molar-refractivity contribution is -0.173. The van der Waals surface area contributed by atoms with Crippen LogP contribution < -0.4 is 10.6 Å². The fourth-order valence-electron chi connectivity index (χ4n) is 3.14. The monoisotopic (exact) mass is 419 g/mol. The van der Waals surface area contributed by atoms with Crippen LogP contribution in [0.25, 0.3) is 0 Å². The average Bonchev–Trinajstić information content (AvgIpc) is 3.08. The van der Waals surface area contributed by atoms with Crippen molar-refractivity contribution in [2.75, 3.05) is 11.9 Å². The van der Waals surface area contributed by atoms with E-state index in [1.165, 1.54) is 24.3 Å². The zero-order valence-corrected chi connectivity index (χ0v) is 15.9. The summed E-state index contributed by atoms with van der Waals surface area (Å²) < 4.78 is 36.6. The Hall–Kier alpha value is -3.36. The van der Waals surface area contributed by atoms with Gasteiger partial charge >= 0.3 is 12.1 Å². The van der Waals surface area contributed by atoms with Crippen LogP contribution in [-0.4, -0.2) is 35.3 Å². The Morgan fingerprint density at radius 1 is 1.00 bits per heavy atom. The largest absolute Gasteiger partial charge is 0.471 e. The van der Waals surface area contributed by atoms with Gasteiger partial charge in [0.05, 0.1) is 5.92 Å². The number of carbonyl (C=O) groups excluding carboxylic acids is 3. The topological polar surface area (TPSA) is 78.5 Å². The van der Waals surface area contributed by atoms with Gasteiger partial charge in [0.2, 0.25) is 11.8 Å². The van der Waals surface area contributed by atoms with E-state index in [0.29, 0.717) is 24.3 Å². The summed E-state index contributed by atoms with van der Waals surface area (Å²) in [7, 11) is 0. The lowest BCUT2D eigenvalue weighted by atomic mass is 10.1. The average molecular weight is 419 g/mol. The second kappa shape index (κ2) is 8.98. The van der Waals surface area contributed by atoms with Crippen molar-refractivity contribution in [3.05, 3.63) is 65.7 Å². The Kier molecular flexibility index (Phi) is 6.39. The Morgan fingerprint density at radius 3 is 2.30 bits per heavy atom. The van der Waals surface area contributed by atoms with Crippen molar-refractivity contribution in [3.8, 4) is 0 Å².